The van der Waals surface area contributed by atoms with E-state index in [0.29, 0.717) is 12.5 Å². The Kier molecular flexibility index (Phi) is 3.73. The summed E-state index contributed by atoms with van der Waals surface area (Å²) in [5, 5.41) is 6.19. The second kappa shape index (κ2) is 5.97. The number of furan rings is 1. The van der Waals surface area contributed by atoms with E-state index in [-0.39, 0.29) is 5.91 Å². The average molecular weight is 356 g/mol. The van der Waals surface area contributed by atoms with Gasteiger partial charge in [0.25, 0.3) is 0 Å². The zero-order valence-electron chi connectivity index (χ0n) is 14.5. The largest absolute Gasteiger partial charge is 0.459 e. The summed E-state index contributed by atoms with van der Waals surface area (Å²) in [6.45, 7) is 1.93. The minimum atomic E-state index is 0.130. The van der Waals surface area contributed by atoms with E-state index in [1.54, 1.807) is 11.3 Å². The molecule has 4 aliphatic rings. The van der Waals surface area contributed by atoms with Gasteiger partial charge in [0, 0.05) is 11.4 Å². The maximum absolute atomic E-state index is 12.6. The van der Waals surface area contributed by atoms with Gasteiger partial charge in [0.15, 0.2) is 10.8 Å². The number of hydrogen-bond donors (Lipinski definition) is 1. The molecule has 1 amide bonds. The third-order valence-electron chi connectivity index (χ3n) is 6.40. The molecule has 0 atom stereocenters. The second-order valence-electron chi connectivity index (χ2n) is 8.26. The first-order valence-electron chi connectivity index (χ1n) is 9.44. The first-order chi connectivity index (χ1) is 12.1. The van der Waals surface area contributed by atoms with Gasteiger partial charge in [0.2, 0.25) is 5.91 Å². The summed E-state index contributed by atoms with van der Waals surface area (Å²) >= 11 is 1.54. The molecule has 6 rings (SSSR count). The lowest BCUT2D eigenvalue weighted by molar-refractivity contribution is -0.124. The van der Waals surface area contributed by atoms with Crippen LogP contribution in [0, 0.1) is 30.6 Å². The molecule has 4 fully saturated rings. The number of aromatic nitrogens is 1. The zero-order chi connectivity index (χ0) is 17.0. The van der Waals surface area contributed by atoms with E-state index in [9.17, 15) is 4.79 Å². The standard InChI is InChI=1S/C20H24N2O2S/c1-11-2-3-17(24-11)20-21-16(10-25-20)9-18(23)22-19-14-5-12-4-13(7-14)8-15(19)6-12/h2-3,10,12-15,19H,4-9H2,1H3,(H,22,23). The van der Waals surface area contributed by atoms with Crippen molar-refractivity contribution in [3.8, 4) is 10.8 Å². The normalized spacial score (nSPS) is 32.9. The third-order valence-corrected chi connectivity index (χ3v) is 7.30. The van der Waals surface area contributed by atoms with Gasteiger partial charge >= 0.3 is 0 Å². The number of thiazole rings is 1. The van der Waals surface area contributed by atoms with Crippen molar-refractivity contribution >= 4 is 17.2 Å². The van der Waals surface area contributed by atoms with Crippen molar-refractivity contribution in [3.05, 3.63) is 29.0 Å². The fourth-order valence-electron chi connectivity index (χ4n) is 5.61. The molecule has 4 aliphatic carbocycles. The van der Waals surface area contributed by atoms with Crippen molar-refractivity contribution in [1.29, 1.82) is 0 Å². The molecule has 4 bridgehead atoms. The number of nitrogens with zero attached hydrogens (tertiary/aromatic N) is 1. The summed E-state index contributed by atoms with van der Waals surface area (Å²) < 4.78 is 5.62. The van der Waals surface area contributed by atoms with Gasteiger partial charge in [-0.25, -0.2) is 4.98 Å². The summed E-state index contributed by atoms with van der Waals surface area (Å²) in [5.41, 5.74) is 0.843. The molecule has 0 spiro atoms. The van der Waals surface area contributed by atoms with Crippen molar-refractivity contribution < 1.29 is 9.21 Å². The van der Waals surface area contributed by atoms with Gasteiger partial charge in [-0.2, -0.15) is 0 Å². The third kappa shape index (κ3) is 2.92. The van der Waals surface area contributed by atoms with Crippen molar-refractivity contribution in [2.75, 3.05) is 0 Å². The topological polar surface area (TPSA) is 55.1 Å². The summed E-state index contributed by atoms with van der Waals surface area (Å²) in [7, 11) is 0. The number of amides is 1. The fourth-order valence-corrected chi connectivity index (χ4v) is 6.39. The molecule has 2 aromatic heterocycles. The zero-order valence-corrected chi connectivity index (χ0v) is 15.3. The summed E-state index contributed by atoms with van der Waals surface area (Å²) in [6, 6.07) is 4.29. The van der Waals surface area contributed by atoms with Crippen LogP contribution in [-0.2, 0) is 11.2 Å². The van der Waals surface area contributed by atoms with Crippen molar-refractivity contribution in [2.24, 2.45) is 23.7 Å². The predicted octanol–water partition coefficient (Wildman–Crippen LogP) is 4.19. The van der Waals surface area contributed by atoms with Gasteiger partial charge in [-0.15, -0.1) is 11.3 Å². The molecule has 1 N–H and O–H groups in total. The van der Waals surface area contributed by atoms with Crippen LogP contribution in [0.3, 0.4) is 0 Å². The first-order valence-corrected chi connectivity index (χ1v) is 10.3. The molecule has 4 saturated carbocycles. The van der Waals surface area contributed by atoms with Crippen molar-refractivity contribution in [2.45, 2.75) is 51.5 Å². The van der Waals surface area contributed by atoms with Crippen molar-refractivity contribution in [3.63, 3.8) is 0 Å². The first kappa shape index (κ1) is 15.6. The van der Waals surface area contributed by atoms with Crippen LogP contribution in [-0.4, -0.2) is 16.9 Å². The summed E-state index contributed by atoms with van der Waals surface area (Å²) in [4.78, 5) is 17.2. The molecule has 132 valence electrons. The Bertz CT molecular complexity index is 765. The highest BCUT2D eigenvalue weighted by molar-refractivity contribution is 7.13. The lowest BCUT2D eigenvalue weighted by Crippen LogP contribution is -2.56. The average Bonchev–Trinajstić information content (AvgIpc) is 3.19. The van der Waals surface area contributed by atoms with E-state index in [2.05, 4.69) is 10.3 Å². The minimum Gasteiger partial charge on any atom is -0.459 e. The second-order valence-corrected chi connectivity index (χ2v) is 9.11. The van der Waals surface area contributed by atoms with Crippen LogP contribution in [0.15, 0.2) is 21.9 Å². The maximum Gasteiger partial charge on any atom is 0.226 e. The Morgan fingerprint density at radius 2 is 1.92 bits per heavy atom. The van der Waals surface area contributed by atoms with Gasteiger partial charge in [-0.3, -0.25) is 4.79 Å². The number of carbonyl (C=O) groups excluding carboxylic acids is 1. The summed E-state index contributed by atoms with van der Waals surface area (Å²) in [5.74, 6) is 5.11. The lowest BCUT2D eigenvalue weighted by atomic mass is 9.54. The Hall–Kier alpha value is -1.62. The van der Waals surface area contributed by atoms with Crippen LogP contribution in [0.5, 0.6) is 0 Å². The number of rotatable bonds is 4. The molecule has 0 unspecified atom stereocenters. The molecule has 4 nitrogen and oxygen atoms in total. The van der Waals surface area contributed by atoms with Crippen molar-refractivity contribution in [1.82, 2.24) is 10.3 Å². The molecule has 0 saturated heterocycles. The Labute approximate surface area is 152 Å². The van der Waals surface area contributed by atoms with Crippen LogP contribution in [0.2, 0.25) is 0 Å². The molecule has 2 aromatic rings. The number of aryl methyl sites for hydroxylation is 1. The van der Waals surface area contributed by atoms with E-state index in [0.717, 1.165) is 45.9 Å². The molecule has 0 radical (unpaired) electrons. The Balaban J connectivity index is 1.23. The minimum absolute atomic E-state index is 0.130. The van der Waals surface area contributed by atoms with Crippen LogP contribution >= 0.6 is 11.3 Å². The monoisotopic (exact) mass is 356 g/mol. The Morgan fingerprint density at radius 3 is 2.56 bits per heavy atom. The molecule has 25 heavy (non-hydrogen) atoms. The molecule has 2 heterocycles. The Morgan fingerprint density at radius 1 is 1.20 bits per heavy atom. The molecule has 0 aliphatic heterocycles. The molecule has 0 aromatic carbocycles. The number of hydrogen-bond acceptors (Lipinski definition) is 4. The predicted molar refractivity (Wildman–Crippen MR) is 97.2 cm³/mol. The maximum atomic E-state index is 12.6. The van der Waals surface area contributed by atoms with E-state index >= 15 is 0 Å². The van der Waals surface area contributed by atoms with E-state index in [1.807, 2.05) is 24.4 Å². The van der Waals surface area contributed by atoms with Gasteiger partial charge in [-0.05, 0) is 74.8 Å². The van der Waals surface area contributed by atoms with Crippen LogP contribution in [0.4, 0.5) is 0 Å². The smallest absolute Gasteiger partial charge is 0.226 e. The van der Waals surface area contributed by atoms with Gasteiger partial charge in [-0.1, -0.05) is 0 Å². The van der Waals surface area contributed by atoms with Gasteiger partial charge in [0.05, 0.1) is 12.1 Å². The van der Waals surface area contributed by atoms with Crippen LogP contribution in [0.25, 0.3) is 10.8 Å². The van der Waals surface area contributed by atoms with Gasteiger partial charge in [0.1, 0.15) is 5.76 Å². The number of carbonyl (C=O) groups is 1. The fraction of sp³-hybridized carbons (Fsp3) is 0.600. The quantitative estimate of drug-likeness (QED) is 0.893. The van der Waals surface area contributed by atoms with E-state index < -0.39 is 0 Å². The SMILES string of the molecule is Cc1ccc(-c2nc(CC(=O)NC3C4CC5CC(C4)CC3C5)cs2)o1. The highest BCUT2D eigenvalue weighted by Crippen LogP contribution is 2.53. The lowest BCUT2D eigenvalue weighted by Gasteiger charge is -2.54. The van der Waals surface area contributed by atoms with Crippen LogP contribution in [0.1, 0.15) is 43.6 Å². The molecular formula is C20H24N2O2S. The summed E-state index contributed by atoms with van der Waals surface area (Å²) in [6.07, 6.45) is 7.14. The van der Waals surface area contributed by atoms with Gasteiger partial charge < -0.3 is 9.73 Å². The van der Waals surface area contributed by atoms with E-state index in [1.165, 1.54) is 32.1 Å². The highest BCUT2D eigenvalue weighted by atomic mass is 32.1. The van der Waals surface area contributed by atoms with Crippen LogP contribution < -0.4 is 5.32 Å². The molecule has 5 heteroatoms. The molecular weight excluding hydrogens is 332 g/mol. The number of nitrogens with one attached hydrogen (secondary N) is 1. The van der Waals surface area contributed by atoms with E-state index in [4.69, 9.17) is 4.42 Å². The highest BCUT2D eigenvalue weighted by Gasteiger charge is 2.48.